The van der Waals surface area contributed by atoms with Crippen molar-refractivity contribution in [2.75, 3.05) is 6.61 Å². The molecule has 0 N–H and O–H groups in total. The molecule has 4 nitrogen and oxygen atoms in total. The Morgan fingerprint density at radius 3 is 2.88 bits per heavy atom. The smallest absolute Gasteiger partial charge is 0.358 e. The first kappa shape index (κ1) is 11.4. The zero-order valence-corrected chi connectivity index (χ0v) is 9.93. The van der Waals surface area contributed by atoms with Gasteiger partial charge in [0, 0.05) is 12.4 Å². The molecule has 0 bridgehead atoms. The number of hydrogen-bond acceptors (Lipinski definition) is 3. The van der Waals surface area contributed by atoms with Crippen LogP contribution in [-0.2, 0) is 4.74 Å². The molecule has 2 heterocycles. The van der Waals surface area contributed by atoms with Gasteiger partial charge in [-0.15, -0.1) is 0 Å². The standard InChI is InChI=1S/C13H14N2O2/c1-4-17-13(16)11-8-15-7-10(9(2)3)5-6-12(15)14-11/h5-8H,2,4H2,1,3H3. The maximum absolute atomic E-state index is 11.5. The van der Waals surface area contributed by atoms with Crippen molar-refractivity contribution in [2.45, 2.75) is 13.8 Å². The van der Waals surface area contributed by atoms with Gasteiger partial charge in [-0.1, -0.05) is 6.58 Å². The summed E-state index contributed by atoms with van der Waals surface area (Å²) >= 11 is 0. The SMILES string of the molecule is C=C(C)c1ccc2nc(C(=O)OCC)cn2c1. The minimum Gasteiger partial charge on any atom is -0.461 e. The zero-order valence-electron chi connectivity index (χ0n) is 9.93. The molecule has 0 spiro atoms. The summed E-state index contributed by atoms with van der Waals surface area (Å²) in [5, 5.41) is 0. The van der Waals surface area contributed by atoms with E-state index in [0.29, 0.717) is 12.3 Å². The van der Waals surface area contributed by atoms with Crippen molar-refractivity contribution >= 4 is 17.2 Å². The van der Waals surface area contributed by atoms with E-state index in [1.165, 1.54) is 0 Å². The van der Waals surface area contributed by atoms with Gasteiger partial charge in [0.2, 0.25) is 0 Å². The molecule has 17 heavy (non-hydrogen) atoms. The Hall–Kier alpha value is -2.10. The van der Waals surface area contributed by atoms with E-state index in [1.54, 1.807) is 17.5 Å². The molecule has 0 saturated heterocycles. The number of hydrogen-bond donors (Lipinski definition) is 0. The number of pyridine rings is 1. The normalized spacial score (nSPS) is 10.5. The van der Waals surface area contributed by atoms with Gasteiger partial charge in [0.05, 0.1) is 6.61 Å². The lowest BCUT2D eigenvalue weighted by molar-refractivity contribution is 0.0520. The average molecular weight is 230 g/mol. The van der Waals surface area contributed by atoms with Crippen LogP contribution in [0.5, 0.6) is 0 Å². The Morgan fingerprint density at radius 2 is 2.24 bits per heavy atom. The van der Waals surface area contributed by atoms with Crippen LogP contribution in [0.2, 0.25) is 0 Å². The van der Waals surface area contributed by atoms with Crippen LogP contribution in [0.4, 0.5) is 0 Å². The van der Waals surface area contributed by atoms with Crippen LogP contribution in [0, 0.1) is 0 Å². The molecule has 0 unspecified atom stereocenters. The minimum absolute atomic E-state index is 0.325. The molecule has 0 radical (unpaired) electrons. The number of allylic oxidation sites excluding steroid dienone is 1. The first-order valence-corrected chi connectivity index (χ1v) is 5.43. The van der Waals surface area contributed by atoms with Crippen molar-refractivity contribution in [3.63, 3.8) is 0 Å². The molecule has 0 aliphatic carbocycles. The largest absolute Gasteiger partial charge is 0.461 e. The first-order valence-electron chi connectivity index (χ1n) is 5.43. The number of ether oxygens (including phenoxy) is 1. The zero-order chi connectivity index (χ0) is 12.4. The minimum atomic E-state index is -0.395. The Labute approximate surface area is 99.5 Å². The topological polar surface area (TPSA) is 43.6 Å². The Morgan fingerprint density at radius 1 is 1.47 bits per heavy atom. The van der Waals surface area contributed by atoms with Crippen LogP contribution in [0.3, 0.4) is 0 Å². The molecule has 0 fully saturated rings. The van der Waals surface area contributed by atoms with E-state index in [9.17, 15) is 4.79 Å². The van der Waals surface area contributed by atoms with Crippen molar-refractivity contribution in [1.29, 1.82) is 0 Å². The van der Waals surface area contributed by atoms with E-state index >= 15 is 0 Å². The highest BCUT2D eigenvalue weighted by Crippen LogP contribution is 2.14. The lowest BCUT2D eigenvalue weighted by atomic mass is 10.1. The highest BCUT2D eigenvalue weighted by Gasteiger charge is 2.11. The molecule has 2 aromatic heterocycles. The summed E-state index contributed by atoms with van der Waals surface area (Å²) in [4.78, 5) is 15.7. The van der Waals surface area contributed by atoms with Gasteiger partial charge < -0.3 is 9.14 Å². The molecule has 0 atom stereocenters. The van der Waals surface area contributed by atoms with Crippen molar-refractivity contribution in [2.24, 2.45) is 0 Å². The lowest BCUT2D eigenvalue weighted by Crippen LogP contribution is -2.04. The van der Waals surface area contributed by atoms with E-state index in [4.69, 9.17) is 4.74 Å². The predicted molar refractivity (Wildman–Crippen MR) is 65.9 cm³/mol. The molecule has 4 heteroatoms. The number of carbonyl (C=O) groups excluding carboxylic acids is 1. The monoisotopic (exact) mass is 230 g/mol. The van der Waals surface area contributed by atoms with Crippen LogP contribution in [0.25, 0.3) is 11.2 Å². The Bertz CT molecular complexity index is 584. The third kappa shape index (κ3) is 2.20. The molecular formula is C13H14N2O2. The van der Waals surface area contributed by atoms with Crippen LogP contribution in [0.15, 0.2) is 31.1 Å². The van der Waals surface area contributed by atoms with Crippen molar-refractivity contribution in [3.8, 4) is 0 Å². The fourth-order valence-electron chi connectivity index (χ4n) is 1.55. The van der Waals surface area contributed by atoms with Crippen LogP contribution in [0.1, 0.15) is 29.9 Å². The summed E-state index contributed by atoms with van der Waals surface area (Å²) in [6.07, 6.45) is 3.56. The summed E-state index contributed by atoms with van der Waals surface area (Å²) in [6, 6.07) is 3.78. The molecule has 0 aromatic carbocycles. The molecule has 0 aliphatic heterocycles. The summed E-state index contributed by atoms with van der Waals surface area (Å²) in [5.41, 5.74) is 3.03. The molecule has 2 rings (SSSR count). The van der Waals surface area contributed by atoms with Crippen LogP contribution in [-0.4, -0.2) is 22.0 Å². The second kappa shape index (κ2) is 4.41. The van der Waals surface area contributed by atoms with Gasteiger partial charge in [0.1, 0.15) is 5.65 Å². The Kier molecular flexibility index (Phi) is 2.95. The number of carbonyl (C=O) groups is 1. The quantitative estimate of drug-likeness (QED) is 0.761. The van der Waals surface area contributed by atoms with E-state index in [0.717, 1.165) is 16.8 Å². The maximum Gasteiger partial charge on any atom is 0.358 e. The summed E-state index contributed by atoms with van der Waals surface area (Å²) in [6.45, 7) is 7.93. The number of nitrogens with zero attached hydrogens (tertiary/aromatic N) is 2. The van der Waals surface area contributed by atoms with E-state index < -0.39 is 5.97 Å². The van der Waals surface area contributed by atoms with Crippen molar-refractivity contribution < 1.29 is 9.53 Å². The molecule has 88 valence electrons. The highest BCUT2D eigenvalue weighted by molar-refractivity contribution is 5.88. The van der Waals surface area contributed by atoms with Gasteiger partial charge in [-0.3, -0.25) is 0 Å². The van der Waals surface area contributed by atoms with E-state index in [2.05, 4.69) is 11.6 Å². The third-order valence-corrected chi connectivity index (χ3v) is 2.43. The second-order valence-electron chi connectivity index (χ2n) is 3.81. The number of fused-ring (bicyclic) bond motifs is 1. The van der Waals surface area contributed by atoms with Gasteiger partial charge >= 0.3 is 5.97 Å². The fraction of sp³-hybridized carbons (Fsp3) is 0.231. The van der Waals surface area contributed by atoms with Crippen LogP contribution < -0.4 is 0 Å². The van der Waals surface area contributed by atoms with Crippen LogP contribution >= 0.6 is 0 Å². The molecule has 0 saturated carbocycles. The predicted octanol–water partition coefficient (Wildman–Crippen LogP) is 2.54. The number of aromatic nitrogens is 2. The number of esters is 1. The number of rotatable bonds is 3. The summed E-state index contributed by atoms with van der Waals surface area (Å²) < 4.78 is 6.70. The first-order chi connectivity index (χ1) is 8.11. The average Bonchev–Trinajstić information content (AvgIpc) is 2.71. The van der Waals surface area contributed by atoms with Gasteiger partial charge in [0.15, 0.2) is 5.69 Å². The maximum atomic E-state index is 11.5. The van der Waals surface area contributed by atoms with Gasteiger partial charge in [0.25, 0.3) is 0 Å². The summed E-state index contributed by atoms with van der Waals surface area (Å²) in [5.74, 6) is -0.395. The van der Waals surface area contributed by atoms with E-state index in [-0.39, 0.29) is 0 Å². The van der Waals surface area contributed by atoms with Crippen molar-refractivity contribution in [1.82, 2.24) is 9.38 Å². The third-order valence-electron chi connectivity index (χ3n) is 2.43. The lowest BCUT2D eigenvalue weighted by Gasteiger charge is -1.99. The number of imidazole rings is 1. The molecule has 2 aromatic rings. The second-order valence-corrected chi connectivity index (χ2v) is 3.81. The summed E-state index contributed by atoms with van der Waals surface area (Å²) in [7, 11) is 0. The Balaban J connectivity index is 2.43. The highest BCUT2D eigenvalue weighted by atomic mass is 16.5. The van der Waals surface area contributed by atoms with Gasteiger partial charge in [-0.2, -0.15) is 0 Å². The van der Waals surface area contributed by atoms with E-state index in [1.807, 2.05) is 25.3 Å². The fourth-order valence-corrected chi connectivity index (χ4v) is 1.55. The molecular weight excluding hydrogens is 216 g/mol. The molecule has 0 aliphatic rings. The molecule has 0 amide bonds. The van der Waals surface area contributed by atoms with Crippen molar-refractivity contribution in [3.05, 3.63) is 42.4 Å². The van der Waals surface area contributed by atoms with Gasteiger partial charge in [-0.25, -0.2) is 9.78 Å². The van der Waals surface area contributed by atoms with Gasteiger partial charge in [-0.05, 0) is 37.1 Å².